The third kappa shape index (κ3) is 4.32. The van der Waals surface area contributed by atoms with Crippen LogP contribution in [0.5, 0.6) is 0 Å². The molecule has 1 amide bonds. The van der Waals surface area contributed by atoms with Gasteiger partial charge in [0.15, 0.2) is 0 Å². The highest BCUT2D eigenvalue weighted by Crippen LogP contribution is 2.31. The van der Waals surface area contributed by atoms with Crippen molar-refractivity contribution < 1.29 is 9.21 Å². The number of aromatic nitrogens is 6. The smallest absolute Gasteiger partial charge is 0.253 e. The van der Waals surface area contributed by atoms with Gasteiger partial charge in [0.2, 0.25) is 22.8 Å². The Hall–Kier alpha value is -2.98. The van der Waals surface area contributed by atoms with Crippen LogP contribution in [0.15, 0.2) is 33.8 Å². The van der Waals surface area contributed by atoms with Gasteiger partial charge < -0.3 is 9.32 Å². The molecule has 1 aliphatic carbocycles. The van der Waals surface area contributed by atoms with Crippen molar-refractivity contribution in [3.63, 3.8) is 0 Å². The van der Waals surface area contributed by atoms with Crippen LogP contribution in [0, 0.1) is 13.8 Å². The number of rotatable bonds is 7. The van der Waals surface area contributed by atoms with Gasteiger partial charge in [-0.25, -0.2) is 9.50 Å². The molecule has 0 aliphatic heterocycles. The van der Waals surface area contributed by atoms with Crippen molar-refractivity contribution in [2.75, 3.05) is 6.26 Å². The van der Waals surface area contributed by atoms with Crippen LogP contribution in [0.2, 0.25) is 5.02 Å². The minimum absolute atomic E-state index is 0.00690. The Bertz CT molecular complexity index is 1350. The van der Waals surface area contributed by atoms with Gasteiger partial charge >= 0.3 is 0 Å². The monoisotopic (exact) mass is 483 g/mol. The quantitative estimate of drug-likeness (QED) is 0.365. The van der Waals surface area contributed by atoms with Gasteiger partial charge in [-0.1, -0.05) is 35.5 Å². The molecular formula is C22H22ClN7O2S. The molecule has 0 saturated heterocycles. The number of hydrogen-bond donors (Lipinski definition) is 0. The van der Waals surface area contributed by atoms with Crippen LogP contribution < -0.4 is 0 Å². The molecule has 5 rings (SSSR count). The van der Waals surface area contributed by atoms with Crippen LogP contribution in [0.1, 0.15) is 35.7 Å². The highest BCUT2D eigenvalue weighted by Gasteiger charge is 2.34. The summed E-state index contributed by atoms with van der Waals surface area (Å²) in [6.45, 7) is 4.10. The molecule has 0 unspecified atom stereocenters. The normalized spacial score (nSPS) is 13.6. The molecule has 1 fully saturated rings. The molecule has 1 aromatic carbocycles. The molecule has 1 saturated carbocycles. The highest BCUT2D eigenvalue weighted by atomic mass is 35.5. The summed E-state index contributed by atoms with van der Waals surface area (Å²) >= 11 is 7.70. The van der Waals surface area contributed by atoms with E-state index in [2.05, 4.69) is 25.3 Å². The standard InChI is InChI=1S/C22H22ClN7O2S/c1-12-16(13(2)30-21(24-12)25-22(28-30)33-3)10-19(31)29(14-8-9-14)11-18-26-27-20(32-18)15-6-4-5-7-17(15)23/h4-7,14H,8-11H2,1-3H3. The van der Waals surface area contributed by atoms with Crippen LogP contribution in [-0.4, -0.2) is 52.9 Å². The first-order valence-electron chi connectivity index (χ1n) is 10.6. The number of amides is 1. The van der Waals surface area contributed by atoms with Crippen LogP contribution in [0.25, 0.3) is 17.2 Å². The molecule has 0 radical (unpaired) electrons. The molecule has 0 N–H and O–H groups in total. The summed E-state index contributed by atoms with van der Waals surface area (Å²) in [6, 6.07) is 7.48. The average Bonchev–Trinajstić information content (AvgIpc) is 3.39. The Balaban J connectivity index is 1.38. The SMILES string of the molecule is CSc1nc2nc(C)c(CC(=O)N(Cc3nnc(-c4ccccc4Cl)o3)C3CC3)c(C)n2n1. The van der Waals surface area contributed by atoms with Crippen molar-refractivity contribution in [1.82, 2.24) is 34.7 Å². The Labute approximate surface area is 199 Å². The lowest BCUT2D eigenvalue weighted by atomic mass is 10.1. The van der Waals surface area contributed by atoms with E-state index in [9.17, 15) is 4.79 Å². The molecule has 0 spiro atoms. The van der Waals surface area contributed by atoms with Gasteiger partial charge in [-0.05, 0) is 45.1 Å². The molecule has 0 bridgehead atoms. The molecule has 3 aromatic heterocycles. The van der Waals surface area contributed by atoms with Crippen LogP contribution in [0.3, 0.4) is 0 Å². The fourth-order valence-corrected chi connectivity index (χ4v) is 4.35. The highest BCUT2D eigenvalue weighted by molar-refractivity contribution is 7.98. The Morgan fingerprint density at radius 3 is 2.76 bits per heavy atom. The second-order valence-electron chi connectivity index (χ2n) is 7.98. The van der Waals surface area contributed by atoms with E-state index in [0.717, 1.165) is 29.8 Å². The summed E-state index contributed by atoms with van der Waals surface area (Å²) in [5.41, 5.74) is 3.18. The van der Waals surface area contributed by atoms with E-state index in [0.29, 0.717) is 33.3 Å². The maximum atomic E-state index is 13.4. The van der Waals surface area contributed by atoms with E-state index in [-0.39, 0.29) is 24.9 Å². The van der Waals surface area contributed by atoms with Crippen molar-refractivity contribution in [3.05, 3.63) is 52.1 Å². The predicted molar refractivity (Wildman–Crippen MR) is 124 cm³/mol. The van der Waals surface area contributed by atoms with E-state index in [1.54, 1.807) is 10.6 Å². The first kappa shape index (κ1) is 21.8. The van der Waals surface area contributed by atoms with Gasteiger partial charge in [0.25, 0.3) is 5.78 Å². The topological polar surface area (TPSA) is 102 Å². The van der Waals surface area contributed by atoms with Crippen molar-refractivity contribution in [3.8, 4) is 11.5 Å². The summed E-state index contributed by atoms with van der Waals surface area (Å²) in [4.78, 5) is 24.2. The van der Waals surface area contributed by atoms with Gasteiger partial charge in [-0.15, -0.1) is 15.3 Å². The first-order valence-corrected chi connectivity index (χ1v) is 12.2. The molecule has 3 heterocycles. The number of halogens is 1. The lowest BCUT2D eigenvalue weighted by Gasteiger charge is -2.21. The average molecular weight is 484 g/mol. The van der Waals surface area contributed by atoms with Crippen LogP contribution in [-0.2, 0) is 17.8 Å². The second kappa shape index (κ2) is 8.75. The minimum Gasteiger partial charge on any atom is -0.419 e. The van der Waals surface area contributed by atoms with Crippen molar-refractivity contribution >= 4 is 35.0 Å². The molecule has 1 aliphatic rings. The van der Waals surface area contributed by atoms with E-state index < -0.39 is 0 Å². The predicted octanol–water partition coefficient (Wildman–Crippen LogP) is 3.90. The number of carbonyl (C=O) groups is 1. The minimum atomic E-state index is -0.00690. The van der Waals surface area contributed by atoms with E-state index in [1.165, 1.54) is 11.8 Å². The fraction of sp³-hybridized carbons (Fsp3) is 0.364. The van der Waals surface area contributed by atoms with Gasteiger partial charge in [-0.3, -0.25) is 4.79 Å². The summed E-state index contributed by atoms with van der Waals surface area (Å²) in [5, 5.41) is 13.9. The number of hydrogen-bond acceptors (Lipinski definition) is 8. The van der Waals surface area contributed by atoms with Gasteiger partial charge in [-0.2, -0.15) is 4.98 Å². The Morgan fingerprint density at radius 2 is 2.03 bits per heavy atom. The molecule has 33 heavy (non-hydrogen) atoms. The lowest BCUT2D eigenvalue weighted by molar-refractivity contribution is -0.132. The van der Waals surface area contributed by atoms with Gasteiger partial charge in [0, 0.05) is 23.0 Å². The number of thioether (sulfide) groups is 1. The van der Waals surface area contributed by atoms with Crippen molar-refractivity contribution in [1.29, 1.82) is 0 Å². The number of carbonyl (C=O) groups excluding carboxylic acids is 1. The molecule has 170 valence electrons. The lowest BCUT2D eigenvalue weighted by Crippen LogP contribution is -2.34. The van der Waals surface area contributed by atoms with Gasteiger partial charge in [0.05, 0.1) is 23.6 Å². The molecular weight excluding hydrogens is 462 g/mol. The number of aryl methyl sites for hydroxylation is 2. The third-order valence-corrected chi connectivity index (χ3v) is 6.59. The third-order valence-electron chi connectivity index (χ3n) is 5.72. The number of fused-ring (bicyclic) bond motifs is 1. The Kier molecular flexibility index (Phi) is 5.79. The summed E-state index contributed by atoms with van der Waals surface area (Å²) in [5.74, 6) is 1.26. The van der Waals surface area contributed by atoms with Crippen LogP contribution >= 0.6 is 23.4 Å². The molecule has 4 aromatic rings. The largest absolute Gasteiger partial charge is 0.419 e. The fourth-order valence-electron chi connectivity index (χ4n) is 3.80. The summed E-state index contributed by atoms with van der Waals surface area (Å²) in [6.07, 6.45) is 4.07. The Morgan fingerprint density at radius 1 is 1.24 bits per heavy atom. The second-order valence-corrected chi connectivity index (χ2v) is 9.16. The maximum absolute atomic E-state index is 13.4. The molecule has 11 heteroatoms. The zero-order valence-electron chi connectivity index (χ0n) is 18.4. The van der Waals surface area contributed by atoms with E-state index in [1.807, 2.05) is 43.2 Å². The van der Waals surface area contributed by atoms with Crippen molar-refractivity contribution in [2.24, 2.45) is 0 Å². The number of benzene rings is 1. The molecule has 0 atom stereocenters. The van der Waals surface area contributed by atoms with Gasteiger partial charge in [0.1, 0.15) is 0 Å². The molecule has 9 nitrogen and oxygen atoms in total. The van der Waals surface area contributed by atoms with Crippen LogP contribution in [0.4, 0.5) is 0 Å². The first-order chi connectivity index (χ1) is 15.9. The summed E-state index contributed by atoms with van der Waals surface area (Å²) in [7, 11) is 0. The summed E-state index contributed by atoms with van der Waals surface area (Å²) < 4.78 is 7.55. The number of nitrogens with zero attached hydrogens (tertiary/aromatic N) is 7. The van der Waals surface area contributed by atoms with E-state index >= 15 is 0 Å². The van der Waals surface area contributed by atoms with E-state index in [4.69, 9.17) is 16.0 Å². The maximum Gasteiger partial charge on any atom is 0.253 e. The zero-order chi connectivity index (χ0) is 23.1. The van der Waals surface area contributed by atoms with Crippen molar-refractivity contribution in [2.45, 2.75) is 50.9 Å². The zero-order valence-corrected chi connectivity index (χ0v) is 20.0.